The van der Waals surface area contributed by atoms with Gasteiger partial charge in [0.25, 0.3) is 0 Å². The van der Waals surface area contributed by atoms with Gasteiger partial charge >= 0.3 is 0 Å². The molecule has 0 saturated carbocycles. The van der Waals surface area contributed by atoms with Crippen LogP contribution < -0.4 is 4.74 Å². The molecule has 0 fully saturated rings. The standard InChI is InChI=1S/C15H21NO2/c1-11(2)18-14-4-5-15-13(8-14)6-7-16(15)9-12(3)10-17/h4-8,11-12,17H,9-10H2,1-3H3. The van der Waals surface area contributed by atoms with E-state index in [1.54, 1.807) is 0 Å². The predicted octanol–water partition coefficient (Wildman–Crippen LogP) is 3.06. The largest absolute Gasteiger partial charge is 0.491 e. The number of rotatable bonds is 5. The Hall–Kier alpha value is -1.48. The Morgan fingerprint density at radius 3 is 2.67 bits per heavy atom. The van der Waals surface area contributed by atoms with Gasteiger partial charge in [-0.15, -0.1) is 0 Å². The van der Waals surface area contributed by atoms with Crippen LogP contribution in [0.5, 0.6) is 5.75 Å². The van der Waals surface area contributed by atoms with Gasteiger partial charge in [-0.2, -0.15) is 0 Å². The van der Waals surface area contributed by atoms with E-state index in [-0.39, 0.29) is 18.6 Å². The molecule has 2 rings (SSSR count). The van der Waals surface area contributed by atoms with Crippen LogP contribution in [0.2, 0.25) is 0 Å². The van der Waals surface area contributed by atoms with Crippen LogP contribution in [0.1, 0.15) is 20.8 Å². The van der Waals surface area contributed by atoms with E-state index in [0.717, 1.165) is 12.3 Å². The molecule has 0 aliphatic carbocycles. The van der Waals surface area contributed by atoms with Gasteiger partial charge in [-0.3, -0.25) is 0 Å². The molecule has 1 N–H and O–H groups in total. The molecule has 1 heterocycles. The first-order chi connectivity index (χ1) is 8.60. The van der Waals surface area contributed by atoms with Crippen LogP contribution in [0.25, 0.3) is 10.9 Å². The molecule has 1 aromatic heterocycles. The number of benzene rings is 1. The van der Waals surface area contributed by atoms with Gasteiger partial charge in [-0.25, -0.2) is 0 Å². The molecular weight excluding hydrogens is 226 g/mol. The summed E-state index contributed by atoms with van der Waals surface area (Å²) in [7, 11) is 0. The topological polar surface area (TPSA) is 34.4 Å². The second kappa shape index (κ2) is 5.44. The van der Waals surface area contributed by atoms with Gasteiger partial charge in [0, 0.05) is 30.3 Å². The fraction of sp³-hybridized carbons (Fsp3) is 0.467. The maximum Gasteiger partial charge on any atom is 0.120 e. The zero-order valence-corrected chi connectivity index (χ0v) is 11.3. The van der Waals surface area contributed by atoms with Crippen LogP contribution in [-0.4, -0.2) is 22.4 Å². The van der Waals surface area contributed by atoms with Gasteiger partial charge in [-0.1, -0.05) is 6.92 Å². The maximum absolute atomic E-state index is 9.12. The van der Waals surface area contributed by atoms with Gasteiger partial charge < -0.3 is 14.4 Å². The number of nitrogens with zero attached hydrogens (tertiary/aromatic N) is 1. The third-order valence-corrected chi connectivity index (χ3v) is 2.93. The van der Waals surface area contributed by atoms with Crippen LogP contribution >= 0.6 is 0 Å². The van der Waals surface area contributed by atoms with Crippen molar-refractivity contribution in [3.63, 3.8) is 0 Å². The summed E-state index contributed by atoms with van der Waals surface area (Å²) in [5.41, 5.74) is 1.19. The molecule has 98 valence electrons. The Morgan fingerprint density at radius 1 is 1.22 bits per heavy atom. The zero-order chi connectivity index (χ0) is 13.1. The lowest BCUT2D eigenvalue weighted by molar-refractivity contribution is 0.224. The third-order valence-electron chi connectivity index (χ3n) is 2.93. The number of ether oxygens (including phenoxy) is 1. The smallest absolute Gasteiger partial charge is 0.120 e. The lowest BCUT2D eigenvalue weighted by Crippen LogP contribution is -2.10. The minimum Gasteiger partial charge on any atom is -0.491 e. The predicted molar refractivity (Wildman–Crippen MR) is 74.0 cm³/mol. The van der Waals surface area contributed by atoms with E-state index in [0.29, 0.717) is 0 Å². The maximum atomic E-state index is 9.12. The number of hydrogen-bond donors (Lipinski definition) is 1. The third kappa shape index (κ3) is 2.85. The molecule has 1 atom stereocenters. The van der Waals surface area contributed by atoms with Crippen molar-refractivity contribution in [2.75, 3.05) is 6.61 Å². The average Bonchev–Trinajstić information content (AvgIpc) is 2.71. The monoisotopic (exact) mass is 247 g/mol. The highest BCUT2D eigenvalue weighted by Crippen LogP contribution is 2.23. The molecule has 1 aromatic carbocycles. The van der Waals surface area contributed by atoms with Crippen LogP contribution in [-0.2, 0) is 6.54 Å². The molecular formula is C15H21NO2. The van der Waals surface area contributed by atoms with Crippen molar-refractivity contribution >= 4 is 10.9 Å². The van der Waals surface area contributed by atoms with Crippen LogP contribution in [0, 0.1) is 5.92 Å². The summed E-state index contributed by atoms with van der Waals surface area (Å²) in [6, 6.07) is 8.24. The Balaban J connectivity index is 2.26. The molecule has 0 spiro atoms. The molecule has 2 aromatic rings. The van der Waals surface area contributed by atoms with Crippen LogP contribution in [0.4, 0.5) is 0 Å². The fourth-order valence-electron chi connectivity index (χ4n) is 2.08. The minimum atomic E-state index is 0.193. The summed E-state index contributed by atoms with van der Waals surface area (Å²) in [4.78, 5) is 0. The molecule has 18 heavy (non-hydrogen) atoms. The zero-order valence-electron chi connectivity index (χ0n) is 11.3. The molecule has 3 heteroatoms. The first kappa shape index (κ1) is 13.0. The number of hydrogen-bond acceptors (Lipinski definition) is 2. The van der Waals surface area contributed by atoms with E-state index < -0.39 is 0 Å². The Morgan fingerprint density at radius 2 is 2.00 bits per heavy atom. The van der Waals surface area contributed by atoms with E-state index in [1.807, 2.05) is 26.8 Å². The van der Waals surface area contributed by atoms with Crippen molar-refractivity contribution < 1.29 is 9.84 Å². The Bertz CT molecular complexity index is 516. The van der Waals surface area contributed by atoms with E-state index in [2.05, 4.69) is 29.0 Å². The number of fused-ring (bicyclic) bond motifs is 1. The highest BCUT2D eigenvalue weighted by Gasteiger charge is 2.06. The highest BCUT2D eigenvalue weighted by molar-refractivity contribution is 5.81. The quantitative estimate of drug-likeness (QED) is 0.881. The lowest BCUT2D eigenvalue weighted by Gasteiger charge is -2.12. The second-order valence-electron chi connectivity index (χ2n) is 5.14. The summed E-state index contributed by atoms with van der Waals surface area (Å²) >= 11 is 0. The van der Waals surface area contributed by atoms with Crippen molar-refractivity contribution in [3.05, 3.63) is 30.5 Å². The molecule has 0 saturated heterocycles. The van der Waals surface area contributed by atoms with E-state index in [9.17, 15) is 0 Å². The first-order valence-electron chi connectivity index (χ1n) is 6.46. The molecule has 0 amide bonds. The van der Waals surface area contributed by atoms with Gasteiger partial charge in [0.05, 0.1) is 6.10 Å². The Labute approximate surface area is 108 Å². The lowest BCUT2D eigenvalue weighted by atomic mass is 10.2. The summed E-state index contributed by atoms with van der Waals surface area (Å²) < 4.78 is 7.86. The molecule has 0 bridgehead atoms. The first-order valence-corrected chi connectivity index (χ1v) is 6.46. The molecule has 0 radical (unpaired) electrons. The second-order valence-corrected chi connectivity index (χ2v) is 5.14. The van der Waals surface area contributed by atoms with Crippen LogP contribution in [0.3, 0.4) is 0 Å². The molecule has 0 aliphatic heterocycles. The van der Waals surface area contributed by atoms with E-state index in [1.165, 1.54) is 10.9 Å². The van der Waals surface area contributed by atoms with Crippen LogP contribution in [0.15, 0.2) is 30.5 Å². The van der Waals surface area contributed by atoms with Crippen molar-refractivity contribution in [3.8, 4) is 5.75 Å². The number of aromatic nitrogens is 1. The van der Waals surface area contributed by atoms with Gasteiger partial charge in [0.1, 0.15) is 5.75 Å². The summed E-state index contributed by atoms with van der Waals surface area (Å²) in [5.74, 6) is 1.18. The number of aliphatic hydroxyl groups excluding tert-OH is 1. The summed E-state index contributed by atoms with van der Waals surface area (Å²) in [6.07, 6.45) is 2.26. The van der Waals surface area contributed by atoms with Crippen molar-refractivity contribution in [1.82, 2.24) is 4.57 Å². The van der Waals surface area contributed by atoms with Gasteiger partial charge in [-0.05, 0) is 44.0 Å². The van der Waals surface area contributed by atoms with Gasteiger partial charge in [0.15, 0.2) is 0 Å². The Kier molecular flexibility index (Phi) is 3.92. The normalized spacial score (nSPS) is 13.2. The SMILES string of the molecule is CC(CO)Cn1ccc2cc(OC(C)C)ccc21. The highest BCUT2D eigenvalue weighted by atomic mass is 16.5. The summed E-state index contributed by atoms with van der Waals surface area (Å²) in [6.45, 7) is 7.15. The van der Waals surface area contributed by atoms with Crippen molar-refractivity contribution in [1.29, 1.82) is 0 Å². The average molecular weight is 247 g/mol. The molecule has 1 unspecified atom stereocenters. The van der Waals surface area contributed by atoms with Gasteiger partial charge in [0.2, 0.25) is 0 Å². The molecule has 3 nitrogen and oxygen atoms in total. The van der Waals surface area contributed by atoms with E-state index in [4.69, 9.17) is 9.84 Å². The van der Waals surface area contributed by atoms with Crippen molar-refractivity contribution in [2.45, 2.75) is 33.4 Å². The van der Waals surface area contributed by atoms with E-state index >= 15 is 0 Å². The fourth-order valence-corrected chi connectivity index (χ4v) is 2.08. The minimum absolute atomic E-state index is 0.193. The summed E-state index contributed by atoms with van der Waals surface area (Å²) in [5, 5.41) is 10.3. The molecule has 0 aliphatic rings. The van der Waals surface area contributed by atoms with Crippen molar-refractivity contribution in [2.24, 2.45) is 5.92 Å². The number of aliphatic hydroxyl groups is 1.